The van der Waals surface area contributed by atoms with E-state index in [-0.39, 0.29) is 6.03 Å². The fourth-order valence-corrected chi connectivity index (χ4v) is 3.12. The van der Waals surface area contributed by atoms with E-state index in [9.17, 15) is 4.79 Å². The van der Waals surface area contributed by atoms with Crippen molar-refractivity contribution in [3.05, 3.63) is 95.8 Å². The molecule has 7 heteroatoms. The highest BCUT2D eigenvalue weighted by Crippen LogP contribution is 2.30. The second kappa shape index (κ2) is 9.21. The van der Waals surface area contributed by atoms with Crippen LogP contribution in [0, 0.1) is 0 Å². The van der Waals surface area contributed by atoms with E-state index in [4.69, 9.17) is 4.74 Å². The van der Waals surface area contributed by atoms with Crippen molar-refractivity contribution < 1.29 is 9.53 Å². The Kier molecular flexibility index (Phi) is 6.03. The minimum Gasteiger partial charge on any atom is -0.488 e. The fraction of sp³-hybridized carbons (Fsp3) is 0.167. The molecule has 0 N–H and O–H groups in total. The van der Waals surface area contributed by atoms with Gasteiger partial charge < -0.3 is 9.64 Å². The van der Waals surface area contributed by atoms with Gasteiger partial charge in [0.15, 0.2) is 5.82 Å². The molecule has 3 aromatic carbocycles. The van der Waals surface area contributed by atoms with Crippen molar-refractivity contribution in [1.29, 1.82) is 0 Å². The molecule has 156 valence electrons. The van der Waals surface area contributed by atoms with E-state index in [2.05, 4.69) is 33.6 Å². The van der Waals surface area contributed by atoms with Crippen LogP contribution in [0.25, 0.3) is 11.1 Å². The number of carbonyl (C=O) groups excluding carboxylic acids is 1. The number of nitrogens with zero attached hydrogens (tertiary/aromatic N) is 5. The van der Waals surface area contributed by atoms with Crippen LogP contribution in [-0.2, 0) is 13.0 Å². The van der Waals surface area contributed by atoms with Gasteiger partial charge in [-0.3, -0.25) is 0 Å². The lowest BCUT2D eigenvalue weighted by molar-refractivity contribution is 0.211. The van der Waals surface area contributed by atoms with Crippen molar-refractivity contribution in [1.82, 2.24) is 25.1 Å². The maximum Gasteiger partial charge on any atom is 0.362 e. The lowest BCUT2D eigenvalue weighted by atomic mass is 10.0. The van der Waals surface area contributed by atoms with Crippen molar-refractivity contribution in [2.45, 2.75) is 13.0 Å². The van der Waals surface area contributed by atoms with Crippen LogP contribution in [0.2, 0.25) is 0 Å². The zero-order chi connectivity index (χ0) is 21.6. The van der Waals surface area contributed by atoms with E-state index in [1.54, 1.807) is 14.1 Å². The van der Waals surface area contributed by atoms with Gasteiger partial charge in [0, 0.05) is 26.1 Å². The van der Waals surface area contributed by atoms with Gasteiger partial charge in [-0.2, -0.15) is 0 Å². The quantitative estimate of drug-likeness (QED) is 0.477. The number of ether oxygens (including phenoxy) is 1. The highest BCUT2D eigenvalue weighted by atomic mass is 16.5. The lowest BCUT2D eigenvalue weighted by Gasteiger charge is -2.12. The summed E-state index contributed by atoms with van der Waals surface area (Å²) >= 11 is 0. The van der Waals surface area contributed by atoms with Gasteiger partial charge in [-0.05, 0) is 28.0 Å². The first kappa shape index (κ1) is 20.3. The fourth-order valence-electron chi connectivity index (χ4n) is 3.12. The van der Waals surface area contributed by atoms with Gasteiger partial charge in [-0.15, -0.1) is 10.2 Å². The molecule has 0 unspecified atom stereocenters. The average molecular weight is 413 g/mol. The highest BCUT2D eigenvalue weighted by molar-refractivity contribution is 5.74. The molecule has 0 atom stereocenters. The van der Waals surface area contributed by atoms with Crippen LogP contribution in [0.3, 0.4) is 0 Å². The Hall–Kier alpha value is -4.00. The molecule has 0 aliphatic heterocycles. The molecule has 31 heavy (non-hydrogen) atoms. The Morgan fingerprint density at radius 1 is 0.903 bits per heavy atom. The second-order valence-electron chi connectivity index (χ2n) is 7.32. The van der Waals surface area contributed by atoms with Crippen molar-refractivity contribution in [3.63, 3.8) is 0 Å². The molecule has 1 aromatic heterocycles. The summed E-state index contributed by atoms with van der Waals surface area (Å²) < 4.78 is 6.08. The van der Waals surface area contributed by atoms with Crippen molar-refractivity contribution in [2.75, 3.05) is 14.1 Å². The van der Waals surface area contributed by atoms with Gasteiger partial charge in [0.25, 0.3) is 0 Å². The first-order valence-corrected chi connectivity index (χ1v) is 9.96. The number of benzene rings is 3. The van der Waals surface area contributed by atoms with Gasteiger partial charge in [0.2, 0.25) is 0 Å². The van der Waals surface area contributed by atoms with E-state index in [1.807, 2.05) is 60.7 Å². The third-order valence-electron chi connectivity index (χ3n) is 4.76. The van der Waals surface area contributed by atoms with E-state index < -0.39 is 0 Å². The topological polar surface area (TPSA) is 73.1 Å². The molecule has 7 nitrogen and oxygen atoms in total. The zero-order valence-electron chi connectivity index (χ0n) is 17.5. The summed E-state index contributed by atoms with van der Waals surface area (Å²) in [6, 6.07) is 25.9. The number of tetrazole rings is 1. The number of para-hydroxylation sites is 1. The van der Waals surface area contributed by atoms with E-state index in [0.717, 1.165) is 32.8 Å². The summed E-state index contributed by atoms with van der Waals surface area (Å²) in [6.07, 6.45) is 0.493. The third kappa shape index (κ3) is 4.95. The van der Waals surface area contributed by atoms with Crippen LogP contribution >= 0.6 is 0 Å². The molecular weight excluding hydrogens is 390 g/mol. The Balaban J connectivity index is 1.47. The van der Waals surface area contributed by atoms with Crippen molar-refractivity contribution in [3.8, 4) is 16.9 Å². The van der Waals surface area contributed by atoms with E-state index in [1.165, 1.54) is 4.90 Å². The number of aromatic nitrogens is 4. The van der Waals surface area contributed by atoms with Crippen LogP contribution in [0.5, 0.6) is 5.75 Å². The van der Waals surface area contributed by atoms with Gasteiger partial charge in [0.1, 0.15) is 12.4 Å². The number of carbonyl (C=O) groups is 1. The molecule has 0 saturated carbocycles. The van der Waals surface area contributed by atoms with Crippen molar-refractivity contribution >= 4 is 6.03 Å². The summed E-state index contributed by atoms with van der Waals surface area (Å²) in [5, 5.41) is 12.0. The van der Waals surface area contributed by atoms with Crippen LogP contribution in [0.4, 0.5) is 4.79 Å². The Labute approximate surface area is 180 Å². The molecule has 1 heterocycles. The van der Waals surface area contributed by atoms with Crippen LogP contribution in [0.1, 0.15) is 17.0 Å². The Morgan fingerprint density at radius 2 is 1.61 bits per heavy atom. The standard InChI is InChI=1S/C24H23N5O2/c1-28(2)24(30)29-26-23(25-27-29)16-18-12-14-20(15-13-18)21-10-6-7-11-22(21)31-17-19-8-4-3-5-9-19/h3-15H,16-17H2,1-2H3. The normalized spacial score (nSPS) is 10.6. The van der Waals surface area contributed by atoms with Crippen LogP contribution in [-0.4, -0.2) is 45.2 Å². The minimum atomic E-state index is -0.332. The number of amides is 1. The van der Waals surface area contributed by atoms with Gasteiger partial charge >= 0.3 is 6.03 Å². The zero-order valence-corrected chi connectivity index (χ0v) is 17.5. The molecule has 0 radical (unpaired) electrons. The summed E-state index contributed by atoms with van der Waals surface area (Å²) in [6.45, 7) is 0.517. The molecule has 0 bridgehead atoms. The Morgan fingerprint density at radius 3 is 2.35 bits per heavy atom. The predicted molar refractivity (Wildman–Crippen MR) is 118 cm³/mol. The molecule has 4 rings (SSSR count). The largest absolute Gasteiger partial charge is 0.488 e. The molecule has 0 aliphatic carbocycles. The van der Waals surface area contributed by atoms with E-state index in [0.29, 0.717) is 18.9 Å². The number of hydrogen-bond acceptors (Lipinski definition) is 5. The maximum absolute atomic E-state index is 11.9. The lowest BCUT2D eigenvalue weighted by Crippen LogP contribution is -2.29. The SMILES string of the molecule is CN(C)C(=O)n1nnc(Cc2ccc(-c3ccccc3OCc3ccccc3)cc2)n1. The molecular formula is C24H23N5O2. The summed E-state index contributed by atoms with van der Waals surface area (Å²) in [5.74, 6) is 1.33. The summed E-state index contributed by atoms with van der Waals surface area (Å²) in [4.78, 5) is 14.3. The first-order chi connectivity index (χ1) is 15.1. The minimum absolute atomic E-state index is 0.332. The van der Waals surface area contributed by atoms with Crippen LogP contribution in [0.15, 0.2) is 78.9 Å². The molecule has 0 spiro atoms. The molecule has 4 aromatic rings. The maximum atomic E-state index is 11.9. The third-order valence-corrected chi connectivity index (χ3v) is 4.76. The van der Waals surface area contributed by atoms with Gasteiger partial charge in [-0.1, -0.05) is 77.6 Å². The second-order valence-corrected chi connectivity index (χ2v) is 7.32. The van der Waals surface area contributed by atoms with Gasteiger partial charge in [-0.25, -0.2) is 4.79 Å². The summed E-state index contributed by atoms with van der Waals surface area (Å²) in [7, 11) is 3.29. The summed E-state index contributed by atoms with van der Waals surface area (Å²) in [5.41, 5.74) is 4.25. The number of hydrogen-bond donors (Lipinski definition) is 0. The number of rotatable bonds is 6. The van der Waals surface area contributed by atoms with E-state index >= 15 is 0 Å². The predicted octanol–water partition coefficient (Wildman–Crippen LogP) is 4.04. The average Bonchev–Trinajstić information content (AvgIpc) is 3.27. The smallest absolute Gasteiger partial charge is 0.362 e. The Bertz CT molecular complexity index is 1150. The first-order valence-electron chi connectivity index (χ1n) is 9.96. The monoisotopic (exact) mass is 413 g/mol. The van der Waals surface area contributed by atoms with Crippen LogP contribution < -0.4 is 4.74 Å². The molecule has 0 saturated heterocycles. The van der Waals surface area contributed by atoms with Gasteiger partial charge in [0.05, 0.1) is 0 Å². The molecule has 0 fully saturated rings. The highest BCUT2D eigenvalue weighted by Gasteiger charge is 2.13. The van der Waals surface area contributed by atoms with Crippen molar-refractivity contribution in [2.24, 2.45) is 0 Å². The molecule has 1 amide bonds. The molecule has 0 aliphatic rings.